The first kappa shape index (κ1) is 22.6. The lowest BCUT2D eigenvalue weighted by atomic mass is 10.1. The van der Waals surface area contributed by atoms with Crippen molar-refractivity contribution < 1.29 is 14.3 Å². The topological polar surface area (TPSA) is 56.6 Å². The van der Waals surface area contributed by atoms with E-state index in [0.717, 1.165) is 46.9 Å². The maximum absolute atomic E-state index is 12.4. The molecule has 1 fully saturated rings. The Morgan fingerprint density at radius 3 is 2.85 bits per heavy atom. The summed E-state index contributed by atoms with van der Waals surface area (Å²) in [5.74, 6) is 2.69. The highest BCUT2D eigenvalue weighted by molar-refractivity contribution is 5.81. The van der Waals surface area contributed by atoms with Crippen molar-refractivity contribution in [1.29, 1.82) is 0 Å². The molecule has 33 heavy (non-hydrogen) atoms. The highest BCUT2D eigenvalue weighted by Gasteiger charge is 2.33. The molecule has 6 heteroatoms. The largest absolute Gasteiger partial charge is 0.493 e. The zero-order valence-corrected chi connectivity index (χ0v) is 19.4. The number of likely N-dealkylation sites (tertiary alicyclic amines) is 1. The Morgan fingerprint density at radius 2 is 2.06 bits per heavy atom. The fourth-order valence-electron chi connectivity index (χ4n) is 4.42. The van der Waals surface area contributed by atoms with Gasteiger partial charge in [-0.05, 0) is 43.2 Å². The van der Waals surface area contributed by atoms with Gasteiger partial charge in [-0.25, -0.2) is 4.98 Å². The quantitative estimate of drug-likeness (QED) is 0.324. The van der Waals surface area contributed by atoms with Crippen molar-refractivity contribution in [1.82, 2.24) is 14.5 Å². The third kappa shape index (κ3) is 4.95. The number of carbonyl (C=O) groups excluding carboxylic acids is 1. The molecule has 1 unspecified atom stereocenters. The van der Waals surface area contributed by atoms with E-state index in [-0.39, 0.29) is 11.8 Å². The SMILES string of the molecule is C=CCN1CC(c2nc3ccccc3n2CCCOc2ccc(/C=C\C)cc2OC)CC1=O. The summed E-state index contributed by atoms with van der Waals surface area (Å²) in [4.78, 5) is 19.2. The molecule has 1 atom stereocenters. The van der Waals surface area contributed by atoms with E-state index in [1.54, 1.807) is 13.2 Å². The first-order valence-corrected chi connectivity index (χ1v) is 11.4. The van der Waals surface area contributed by atoms with Crippen molar-refractivity contribution in [2.45, 2.75) is 32.2 Å². The number of benzene rings is 2. The standard InChI is InChI=1S/C27H31N3O3/c1-4-9-20-12-13-24(25(17-20)32-3)33-16-8-15-30-23-11-7-6-10-22(23)28-27(30)21-18-26(31)29(19-21)14-5-2/h4-7,9-13,17,21H,2,8,14-16,18-19H2,1,3H3/b9-4-. The number of imidazole rings is 1. The van der Waals surface area contributed by atoms with E-state index in [4.69, 9.17) is 14.5 Å². The first-order valence-electron chi connectivity index (χ1n) is 11.4. The van der Waals surface area contributed by atoms with Crippen molar-refractivity contribution in [3.05, 3.63) is 72.6 Å². The van der Waals surface area contributed by atoms with E-state index in [2.05, 4.69) is 17.2 Å². The summed E-state index contributed by atoms with van der Waals surface area (Å²) in [6, 6.07) is 14.1. The molecule has 1 saturated heterocycles. The van der Waals surface area contributed by atoms with Gasteiger partial charge in [0.25, 0.3) is 0 Å². The van der Waals surface area contributed by atoms with Gasteiger partial charge in [0.2, 0.25) is 5.91 Å². The van der Waals surface area contributed by atoms with E-state index in [0.29, 0.717) is 26.1 Å². The van der Waals surface area contributed by atoms with Gasteiger partial charge in [-0.3, -0.25) is 4.79 Å². The Bertz CT molecular complexity index is 1160. The summed E-state index contributed by atoms with van der Waals surface area (Å²) >= 11 is 0. The molecule has 0 bridgehead atoms. The van der Waals surface area contributed by atoms with Gasteiger partial charge < -0.3 is 18.9 Å². The number of ether oxygens (including phenoxy) is 2. The minimum absolute atomic E-state index is 0.0880. The Balaban J connectivity index is 1.47. The van der Waals surface area contributed by atoms with Crippen molar-refractivity contribution in [3.8, 4) is 11.5 Å². The van der Waals surface area contributed by atoms with E-state index >= 15 is 0 Å². The molecule has 2 heterocycles. The smallest absolute Gasteiger partial charge is 0.223 e. The molecular formula is C27H31N3O3. The highest BCUT2D eigenvalue weighted by atomic mass is 16.5. The van der Waals surface area contributed by atoms with Crippen LogP contribution in [0.1, 0.15) is 37.1 Å². The molecule has 0 radical (unpaired) electrons. The van der Waals surface area contributed by atoms with Crippen LogP contribution in [0.3, 0.4) is 0 Å². The lowest BCUT2D eigenvalue weighted by Gasteiger charge is -2.16. The molecule has 4 rings (SSSR count). The van der Waals surface area contributed by atoms with Crippen molar-refractivity contribution in [2.75, 3.05) is 26.8 Å². The maximum Gasteiger partial charge on any atom is 0.223 e. The summed E-state index contributed by atoms with van der Waals surface area (Å²) < 4.78 is 13.8. The van der Waals surface area contributed by atoms with Crippen LogP contribution in [0.2, 0.25) is 0 Å². The number of methoxy groups -OCH3 is 1. The van der Waals surface area contributed by atoms with Crippen LogP contribution < -0.4 is 9.47 Å². The molecule has 1 aliphatic rings. The van der Waals surface area contributed by atoms with Gasteiger partial charge in [0.15, 0.2) is 11.5 Å². The minimum Gasteiger partial charge on any atom is -0.493 e. The number of para-hydroxylation sites is 2. The molecule has 1 aliphatic heterocycles. The van der Waals surface area contributed by atoms with Gasteiger partial charge in [-0.15, -0.1) is 6.58 Å². The summed E-state index contributed by atoms with van der Waals surface area (Å²) in [6.45, 7) is 8.34. The number of nitrogens with zero attached hydrogens (tertiary/aromatic N) is 3. The fraction of sp³-hybridized carbons (Fsp3) is 0.333. The van der Waals surface area contributed by atoms with Gasteiger partial charge in [-0.1, -0.05) is 36.4 Å². The van der Waals surface area contributed by atoms with E-state index < -0.39 is 0 Å². The van der Waals surface area contributed by atoms with E-state index in [1.807, 2.05) is 60.4 Å². The number of rotatable bonds is 10. The second kappa shape index (κ2) is 10.4. The lowest BCUT2D eigenvalue weighted by molar-refractivity contribution is -0.127. The second-order valence-electron chi connectivity index (χ2n) is 8.21. The Labute approximate surface area is 195 Å². The van der Waals surface area contributed by atoms with Gasteiger partial charge in [0.05, 0.1) is 24.8 Å². The fourth-order valence-corrected chi connectivity index (χ4v) is 4.42. The third-order valence-electron chi connectivity index (χ3n) is 5.94. The average molecular weight is 446 g/mol. The summed E-state index contributed by atoms with van der Waals surface area (Å²) in [6.07, 6.45) is 7.10. The van der Waals surface area contributed by atoms with Crippen LogP contribution in [-0.4, -0.2) is 47.2 Å². The number of allylic oxidation sites excluding steroid dienone is 1. The third-order valence-corrected chi connectivity index (χ3v) is 5.94. The number of carbonyl (C=O) groups is 1. The van der Waals surface area contributed by atoms with Crippen LogP contribution in [0.15, 0.2) is 61.2 Å². The Morgan fingerprint density at radius 1 is 1.21 bits per heavy atom. The van der Waals surface area contributed by atoms with Crippen molar-refractivity contribution in [2.24, 2.45) is 0 Å². The zero-order chi connectivity index (χ0) is 23.2. The van der Waals surface area contributed by atoms with Crippen LogP contribution in [0, 0.1) is 0 Å². The molecular weight excluding hydrogens is 414 g/mol. The Hall–Kier alpha value is -3.54. The van der Waals surface area contributed by atoms with Crippen molar-refractivity contribution >= 4 is 23.0 Å². The second-order valence-corrected chi connectivity index (χ2v) is 8.21. The molecule has 0 spiro atoms. The highest BCUT2D eigenvalue weighted by Crippen LogP contribution is 2.31. The van der Waals surface area contributed by atoms with E-state index in [9.17, 15) is 4.79 Å². The van der Waals surface area contributed by atoms with Crippen LogP contribution in [0.25, 0.3) is 17.1 Å². The number of aromatic nitrogens is 2. The normalized spacial score (nSPS) is 16.1. The molecule has 0 aliphatic carbocycles. The molecule has 1 aromatic heterocycles. The summed E-state index contributed by atoms with van der Waals surface area (Å²) in [7, 11) is 1.66. The van der Waals surface area contributed by atoms with Gasteiger partial charge in [0.1, 0.15) is 5.82 Å². The number of aryl methyl sites for hydroxylation is 1. The monoisotopic (exact) mass is 445 g/mol. The minimum atomic E-state index is 0.0880. The molecule has 2 aromatic carbocycles. The Kier molecular flexibility index (Phi) is 7.13. The van der Waals surface area contributed by atoms with E-state index in [1.165, 1.54) is 0 Å². The molecule has 172 valence electrons. The van der Waals surface area contributed by atoms with Crippen LogP contribution in [-0.2, 0) is 11.3 Å². The number of fused-ring (bicyclic) bond motifs is 1. The molecule has 1 amide bonds. The van der Waals surface area contributed by atoms with Crippen LogP contribution in [0.5, 0.6) is 11.5 Å². The zero-order valence-electron chi connectivity index (χ0n) is 19.4. The lowest BCUT2D eigenvalue weighted by Crippen LogP contribution is -2.25. The predicted octanol–water partition coefficient (Wildman–Crippen LogP) is 5.05. The van der Waals surface area contributed by atoms with Gasteiger partial charge in [-0.2, -0.15) is 0 Å². The average Bonchev–Trinajstić information content (AvgIpc) is 3.38. The number of hydrogen-bond acceptors (Lipinski definition) is 4. The molecule has 0 N–H and O–H groups in total. The van der Waals surface area contributed by atoms with Crippen LogP contribution in [0.4, 0.5) is 0 Å². The number of amides is 1. The number of hydrogen-bond donors (Lipinski definition) is 0. The van der Waals surface area contributed by atoms with Gasteiger partial charge in [0, 0.05) is 32.0 Å². The predicted molar refractivity (Wildman–Crippen MR) is 132 cm³/mol. The maximum atomic E-state index is 12.4. The molecule has 3 aromatic rings. The summed E-state index contributed by atoms with van der Waals surface area (Å²) in [5.41, 5.74) is 3.13. The van der Waals surface area contributed by atoms with Crippen LogP contribution >= 0.6 is 0 Å². The summed E-state index contributed by atoms with van der Waals surface area (Å²) in [5, 5.41) is 0. The van der Waals surface area contributed by atoms with Crippen molar-refractivity contribution in [3.63, 3.8) is 0 Å². The molecule has 6 nitrogen and oxygen atoms in total. The molecule has 0 saturated carbocycles. The van der Waals surface area contributed by atoms with Gasteiger partial charge >= 0.3 is 0 Å². The first-order chi connectivity index (χ1) is 16.1.